The van der Waals surface area contributed by atoms with Gasteiger partial charge < -0.3 is 15.2 Å². The van der Waals surface area contributed by atoms with E-state index in [4.69, 9.17) is 4.74 Å². The lowest BCUT2D eigenvalue weighted by atomic mass is 10.0. The van der Waals surface area contributed by atoms with Crippen molar-refractivity contribution in [2.24, 2.45) is 0 Å². The summed E-state index contributed by atoms with van der Waals surface area (Å²) in [5, 5.41) is 12.7. The molecule has 1 aliphatic rings. The summed E-state index contributed by atoms with van der Waals surface area (Å²) in [5.41, 5.74) is 1.22. The second-order valence-electron chi connectivity index (χ2n) is 4.59. The molecule has 0 saturated carbocycles. The molecule has 0 spiro atoms. The number of β-amino-alcohol motifs (C(OH)–C–C–N with tert-alkyl or cyclic N) is 1. The molecule has 2 N–H and O–H groups in total. The van der Waals surface area contributed by atoms with Crippen LogP contribution in [0, 0.1) is 0 Å². The highest BCUT2D eigenvalue weighted by Crippen LogP contribution is 2.25. The SMILES string of the molecule is CC(C)Oc1ccc(C2CC(O)CN2)cc1. The van der Waals surface area contributed by atoms with Crippen molar-refractivity contribution in [1.82, 2.24) is 5.32 Å². The quantitative estimate of drug-likeness (QED) is 0.818. The molecule has 3 heteroatoms. The third-order valence-corrected chi connectivity index (χ3v) is 2.76. The normalized spacial score (nSPS) is 25.0. The highest BCUT2D eigenvalue weighted by molar-refractivity contribution is 5.29. The van der Waals surface area contributed by atoms with Crippen LogP contribution in [-0.2, 0) is 0 Å². The van der Waals surface area contributed by atoms with Crippen LogP contribution in [0.1, 0.15) is 31.9 Å². The van der Waals surface area contributed by atoms with Crippen molar-refractivity contribution in [3.05, 3.63) is 29.8 Å². The Bertz CT molecular complexity index is 334. The topological polar surface area (TPSA) is 41.5 Å². The average Bonchev–Trinajstić information content (AvgIpc) is 2.65. The Morgan fingerprint density at radius 2 is 2.00 bits per heavy atom. The smallest absolute Gasteiger partial charge is 0.119 e. The number of hydrogen-bond donors (Lipinski definition) is 2. The highest BCUT2D eigenvalue weighted by Gasteiger charge is 2.23. The molecule has 1 aliphatic heterocycles. The summed E-state index contributed by atoms with van der Waals surface area (Å²) in [6, 6.07) is 8.38. The first-order chi connectivity index (χ1) is 7.65. The predicted octanol–water partition coefficient (Wildman–Crippen LogP) is 1.87. The number of aliphatic hydroxyl groups excluding tert-OH is 1. The zero-order valence-electron chi connectivity index (χ0n) is 9.81. The maximum Gasteiger partial charge on any atom is 0.119 e. The summed E-state index contributed by atoms with van der Waals surface area (Å²) >= 11 is 0. The number of nitrogens with one attached hydrogen (secondary N) is 1. The summed E-state index contributed by atoms with van der Waals surface area (Å²) in [4.78, 5) is 0. The van der Waals surface area contributed by atoms with Gasteiger partial charge >= 0.3 is 0 Å². The first-order valence-corrected chi connectivity index (χ1v) is 5.83. The second kappa shape index (κ2) is 4.85. The van der Waals surface area contributed by atoms with Crippen molar-refractivity contribution in [2.75, 3.05) is 6.54 Å². The Morgan fingerprint density at radius 1 is 1.31 bits per heavy atom. The molecule has 1 fully saturated rings. The van der Waals surface area contributed by atoms with Crippen LogP contribution in [0.4, 0.5) is 0 Å². The fourth-order valence-corrected chi connectivity index (χ4v) is 2.02. The zero-order valence-corrected chi connectivity index (χ0v) is 9.81. The van der Waals surface area contributed by atoms with E-state index < -0.39 is 0 Å². The molecule has 88 valence electrons. The summed E-state index contributed by atoms with van der Waals surface area (Å²) in [7, 11) is 0. The van der Waals surface area contributed by atoms with Gasteiger partial charge in [-0.1, -0.05) is 12.1 Å². The minimum Gasteiger partial charge on any atom is -0.491 e. The first kappa shape index (κ1) is 11.4. The van der Waals surface area contributed by atoms with Crippen LogP contribution < -0.4 is 10.1 Å². The third kappa shape index (κ3) is 2.74. The molecule has 0 radical (unpaired) electrons. The van der Waals surface area contributed by atoms with Gasteiger partial charge in [0.2, 0.25) is 0 Å². The maximum absolute atomic E-state index is 9.45. The fraction of sp³-hybridized carbons (Fsp3) is 0.538. The van der Waals surface area contributed by atoms with Crippen LogP contribution in [-0.4, -0.2) is 23.9 Å². The standard InChI is InChI=1S/C13H19NO2/c1-9(2)16-12-5-3-10(4-6-12)13-7-11(15)8-14-13/h3-6,9,11,13-15H,7-8H2,1-2H3. The van der Waals surface area contributed by atoms with Crippen LogP contribution in [0.5, 0.6) is 5.75 Å². The van der Waals surface area contributed by atoms with Gasteiger partial charge in [0.05, 0.1) is 12.2 Å². The molecule has 0 bridgehead atoms. The number of ether oxygens (including phenoxy) is 1. The Hall–Kier alpha value is -1.06. The molecule has 0 aromatic heterocycles. The molecule has 1 aromatic rings. The van der Waals surface area contributed by atoms with E-state index in [0.717, 1.165) is 12.2 Å². The van der Waals surface area contributed by atoms with E-state index in [1.165, 1.54) is 5.56 Å². The average molecular weight is 221 g/mol. The summed E-state index contributed by atoms with van der Waals surface area (Å²) in [6.45, 7) is 4.72. The molecular formula is C13H19NO2. The first-order valence-electron chi connectivity index (χ1n) is 5.83. The molecule has 2 atom stereocenters. The van der Waals surface area contributed by atoms with Crippen LogP contribution in [0.25, 0.3) is 0 Å². The zero-order chi connectivity index (χ0) is 11.5. The highest BCUT2D eigenvalue weighted by atomic mass is 16.5. The van der Waals surface area contributed by atoms with Crippen molar-refractivity contribution >= 4 is 0 Å². The van der Waals surface area contributed by atoms with Crippen LogP contribution >= 0.6 is 0 Å². The lowest BCUT2D eigenvalue weighted by Gasteiger charge is -2.13. The predicted molar refractivity (Wildman–Crippen MR) is 63.6 cm³/mol. The number of rotatable bonds is 3. The van der Waals surface area contributed by atoms with Crippen molar-refractivity contribution in [3.8, 4) is 5.75 Å². The van der Waals surface area contributed by atoms with Crippen molar-refractivity contribution in [2.45, 2.75) is 38.5 Å². The molecule has 16 heavy (non-hydrogen) atoms. The molecule has 1 aromatic carbocycles. The lowest BCUT2D eigenvalue weighted by molar-refractivity contribution is 0.193. The van der Waals surface area contributed by atoms with E-state index in [1.807, 2.05) is 26.0 Å². The number of aliphatic hydroxyl groups is 1. The Kier molecular flexibility index (Phi) is 3.46. The van der Waals surface area contributed by atoms with Crippen molar-refractivity contribution in [3.63, 3.8) is 0 Å². The monoisotopic (exact) mass is 221 g/mol. The minimum absolute atomic E-state index is 0.206. The van der Waals surface area contributed by atoms with E-state index in [-0.39, 0.29) is 18.2 Å². The Balaban J connectivity index is 2.02. The molecule has 0 amide bonds. The number of benzene rings is 1. The molecular weight excluding hydrogens is 202 g/mol. The molecule has 2 unspecified atom stereocenters. The Labute approximate surface area is 96.4 Å². The summed E-state index contributed by atoms with van der Waals surface area (Å²) in [5.74, 6) is 0.900. The van der Waals surface area contributed by atoms with Gasteiger partial charge in [0.15, 0.2) is 0 Å². The Morgan fingerprint density at radius 3 is 2.50 bits per heavy atom. The maximum atomic E-state index is 9.45. The lowest BCUT2D eigenvalue weighted by Crippen LogP contribution is -2.14. The molecule has 3 nitrogen and oxygen atoms in total. The van der Waals surface area contributed by atoms with Crippen molar-refractivity contribution < 1.29 is 9.84 Å². The van der Waals surface area contributed by atoms with Crippen LogP contribution in [0.3, 0.4) is 0 Å². The third-order valence-electron chi connectivity index (χ3n) is 2.76. The van der Waals surface area contributed by atoms with E-state index in [0.29, 0.717) is 6.54 Å². The van der Waals surface area contributed by atoms with E-state index in [1.54, 1.807) is 0 Å². The molecule has 2 rings (SSSR count). The van der Waals surface area contributed by atoms with Crippen LogP contribution in [0.15, 0.2) is 24.3 Å². The minimum atomic E-state index is -0.211. The van der Waals surface area contributed by atoms with Crippen LogP contribution in [0.2, 0.25) is 0 Å². The summed E-state index contributed by atoms with van der Waals surface area (Å²) in [6.07, 6.45) is 0.790. The fourth-order valence-electron chi connectivity index (χ4n) is 2.02. The van der Waals surface area contributed by atoms with E-state index in [9.17, 15) is 5.11 Å². The molecule has 0 aliphatic carbocycles. The molecule has 1 heterocycles. The van der Waals surface area contributed by atoms with Gasteiger partial charge in [0.25, 0.3) is 0 Å². The van der Waals surface area contributed by atoms with Gasteiger partial charge in [-0.2, -0.15) is 0 Å². The number of hydrogen-bond acceptors (Lipinski definition) is 3. The molecule has 1 saturated heterocycles. The van der Waals surface area contributed by atoms with E-state index in [2.05, 4.69) is 17.4 Å². The van der Waals surface area contributed by atoms with Gasteiger partial charge in [-0.25, -0.2) is 0 Å². The van der Waals surface area contributed by atoms with Gasteiger partial charge in [0, 0.05) is 12.6 Å². The van der Waals surface area contributed by atoms with E-state index >= 15 is 0 Å². The van der Waals surface area contributed by atoms with Gasteiger partial charge in [-0.05, 0) is 38.0 Å². The van der Waals surface area contributed by atoms with Crippen molar-refractivity contribution in [1.29, 1.82) is 0 Å². The van der Waals surface area contributed by atoms with Gasteiger partial charge in [-0.3, -0.25) is 0 Å². The van der Waals surface area contributed by atoms with Gasteiger partial charge in [-0.15, -0.1) is 0 Å². The largest absolute Gasteiger partial charge is 0.491 e. The second-order valence-corrected chi connectivity index (χ2v) is 4.59. The summed E-state index contributed by atoms with van der Waals surface area (Å²) < 4.78 is 5.58. The van der Waals surface area contributed by atoms with Gasteiger partial charge in [0.1, 0.15) is 5.75 Å².